The summed E-state index contributed by atoms with van der Waals surface area (Å²) in [5.41, 5.74) is 3.73. The van der Waals surface area contributed by atoms with Crippen molar-refractivity contribution in [3.8, 4) is 11.5 Å². The Morgan fingerprint density at radius 3 is 2.88 bits per heavy atom. The van der Waals surface area contributed by atoms with Gasteiger partial charge in [0.25, 0.3) is 0 Å². The van der Waals surface area contributed by atoms with E-state index in [2.05, 4.69) is 20.7 Å². The van der Waals surface area contributed by atoms with Crippen LogP contribution in [0, 0.1) is 0 Å². The van der Waals surface area contributed by atoms with Gasteiger partial charge in [-0.3, -0.25) is 10.3 Å². The van der Waals surface area contributed by atoms with Gasteiger partial charge in [-0.15, -0.1) is 0 Å². The number of ether oxygens (including phenoxy) is 3. The highest BCUT2D eigenvalue weighted by molar-refractivity contribution is 7.80. The van der Waals surface area contributed by atoms with Crippen molar-refractivity contribution >= 4 is 23.5 Å². The van der Waals surface area contributed by atoms with E-state index >= 15 is 0 Å². The van der Waals surface area contributed by atoms with Crippen molar-refractivity contribution < 1.29 is 14.2 Å². The number of nitrogens with zero attached hydrogens (tertiary/aromatic N) is 2. The third-order valence-corrected chi connectivity index (χ3v) is 4.14. The summed E-state index contributed by atoms with van der Waals surface area (Å²) in [6, 6.07) is 5.65. The number of hydrazone groups is 1. The average Bonchev–Trinajstić information content (AvgIpc) is 2.67. The van der Waals surface area contributed by atoms with Crippen molar-refractivity contribution in [3.05, 3.63) is 23.8 Å². The molecule has 8 heteroatoms. The number of thiocarbonyl (C=S) groups is 1. The fraction of sp³-hybridized carbons (Fsp3) is 0.556. The summed E-state index contributed by atoms with van der Waals surface area (Å²) in [7, 11) is 1.62. The molecule has 0 radical (unpaired) electrons. The standard InChI is InChI=1S/C18H28N4O3S/c1-3-25-17-13-15(5-6-16(17)23-2)14-20-21-18(26)19-7-4-8-22-9-11-24-12-10-22/h5-6,13-14H,3-4,7-12H2,1-2H3,(H2,19,21,26)/b20-14-. The lowest BCUT2D eigenvalue weighted by Crippen LogP contribution is -2.39. The number of benzene rings is 1. The maximum absolute atomic E-state index is 5.55. The molecule has 0 aliphatic carbocycles. The number of methoxy groups -OCH3 is 1. The first-order valence-corrected chi connectivity index (χ1v) is 9.31. The van der Waals surface area contributed by atoms with E-state index in [1.807, 2.05) is 25.1 Å². The molecule has 0 amide bonds. The van der Waals surface area contributed by atoms with Crippen LogP contribution in [0.4, 0.5) is 0 Å². The Bertz CT molecular complexity index is 592. The summed E-state index contributed by atoms with van der Waals surface area (Å²) in [5.74, 6) is 1.40. The summed E-state index contributed by atoms with van der Waals surface area (Å²) in [6.07, 6.45) is 2.73. The van der Waals surface area contributed by atoms with Gasteiger partial charge in [0.15, 0.2) is 16.6 Å². The molecular weight excluding hydrogens is 352 g/mol. The first kappa shape index (κ1) is 20.4. The Hall–Kier alpha value is -1.90. The number of nitrogens with one attached hydrogen (secondary N) is 2. The van der Waals surface area contributed by atoms with Crippen LogP contribution >= 0.6 is 12.2 Å². The lowest BCUT2D eigenvalue weighted by molar-refractivity contribution is 0.0376. The van der Waals surface area contributed by atoms with Crippen LogP contribution < -0.4 is 20.2 Å². The van der Waals surface area contributed by atoms with Gasteiger partial charge in [-0.25, -0.2) is 0 Å². The predicted molar refractivity (Wildman–Crippen MR) is 107 cm³/mol. The number of morpholine rings is 1. The van der Waals surface area contributed by atoms with E-state index in [0.29, 0.717) is 23.2 Å². The summed E-state index contributed by atoms with van der Waals surface area (Å²) < 4.78 is 16.2. The lowest BCUT2D eigenvalue weighted by Gasteiger charge is -2.26. The SMILES string of the molecule is CCOc1cc(/C=N\NC(=S)NCCCN2CCOCC2)ccc1OC. The molecule has 1 saturated heterocycles. The van der Waals surface area contributed by atoms with Crippen LogP contribution in [-0.4, -0.2) is 69.3 Å². The number of hydrogen-bond donors (Lipinski definition) is 2. The van der Waals surface area contributed by atoms with Crippen LogP contribution in [0.3, 0.4) is 0 Å². The predicted octanol–water partition coefficient (Wildman–Crippen LogP) is 1.61. The molecule has 1 aromatic rings. The van der Waals surface area contributed by atoms with Crippen molar-refractivity contribution in [1.29, 1.82) is 0 Å². The largest absolute Gasteiger partial charge is 0.493 e. The van der Waals surface area contributed by atoms with Crippen LogP contribution in [0.25, 0.3) is 0 Å². The molecule has 0 atom stereocenters. The summed E-state index contributed by atoms with van der Waals surface area (Å²) in [6.45, 7) is 8.07. The van der Waals surface area contributed by atoms with Crippen molar-refractivity contribution in [2.45, 2.75) is 13.3 Å². The number of rotatable bonds is 9. The molecule has 1 fully saturated rings. The fourth-order valence-electron chi connectivity index (χ4n) is 2.58. The molecule has 26 heavy (non-hydrogen) atoms. The second kappa shape index (κ2) is 11.7. The molecule has 1 aliphatic rings. The van der Waals surface area contributed by atoms with E-state index in [9.17, 15) is 0 Å². The summed E-state index contributed by atoms with van der Waals surface area (Å²) >= 11 is 5.23. The van der Waals surface area contributed by atoms with Crippen LogP contribution in [0.15, 0.2) is 23.3 Å². The van der Waals surface area contributed by atoms with Gasteiger partial charge in [-0.2, -0.15) is 5.10 Å². The van der Waals surface area contributed by atoms with Crippen LogP contribution in [0.1, 0.15) is 18.9 Å². The Morgan fingerprint density at radius 2 is 2.15 bits per heavy atom. The molecule has 2 rings (SSSR count). The normalized spacial score (nSPS) is 15.0. The van der Waals surface area contributed by atoms with Gasteiger partial charge in [0.05, 0.1) is 33.1 Å². The van der Waals surface area contributed by atoms with E-state index in [0.717, 1.165) is 51.4 Å². The van der Waals surface area contributed by atoms with Gasteiger partial charge >= 0.3 is 0 Å². The highest BCUT2D eigenvalue weighted by atomic mass is 32.1. The second-order valence-corrected chi connectivity index (χ2v) is 6.19. The smallest absolute Gasteiger partial charge is 0.186 e. The van der Waals surface area contributed by atoms with Crippen molar-refractivity contribution in [1.82, 2.24) is 15.6 Å². The Labute approximate surface area is 160 Å². The molecule has 1 aromatic carbocycles. The third-order valence-electron chi connectivity index (χ3n) is 3.91. The minimum absolute atomic E-state index is 0.516. The molecule has 1 heterocycles. The van der Waals surface area contributed by atoms with Gasteiger partial charge in [-0.1, -0.05) is 0 Å². The highest BCUT2D eigenvalue weighted by Crippen LogP contribution is 2.27. The lowest BCUT2D eigenvalue weighted by atomic mass is 10.2. The second-order valence-electron chi connectivity index (χ2n) is 5.78. The van der Waals surface area contributed by atoms with Gasteiger partial charge in [-0.05, 0) is 55.9 Å². The van der Waals surface area contributed by atoms with E-state index < -0.39 is 0 Å². The molecular formula is C18H28N4O3S. The zero-order valence-corrected chi connectivity index (χ0v) is 16.3. The van der Waals surface area contributed by atoms with Gasteiger partial charge in [0.2, 0.25) is 0 Å². The minimum atomic E-state index is 0.516. The minimum Gasteiger partial charge on any atom is -0.493 e. The molecule has 0 spiro atoms. The monoisotopic (exact) mass is 380 g/mol. The average molecular weight is 381 g/mol. The maximum Gasteiger partial charge on any atom is 0.186 e. The Kier molecular flexibility index (Phi) is 9.16. The van der Waals surface area contributed by atoms with E-state index in [-0.39, 0.29) is 0 Å². The molecule has 1 aliphatic heterocycles. The maximum atomic E-state index is 5.55. The molecule has 144 valence electrons. The first-order valence-electron chi connectivity index (χ1n) is 8.90. The van der Waals surface area contributed by atoms with Crippen molar-refractivity contribution in [3.63, 3.8) is 0 Å². The third kappa shape index (κ3) is 7.15. The topological polar surface area (TPSA) is 67.4 Å². The molecule has 2 N–H and O–H groups in total. The highest BCUT2D eigenvalue weighted by Gasteiger charge is 2.09. The molecule has 0 unspecified atom stereocenters. The zero-order valence-electron chi connectivity index (χ0n) is 15.5. The van der Waals surface area contributed by atoms with Crippen molar-refractivity contribution in [2.75, 3.05) is 53.1 Å². The first-order chi connectivity index (χ1) is 12.7. The molecule has 0 saturated carbocycles. The Balaban J connectivity index is 1.68. The Morgan fingerprint density at radius 1 is 1.35 bits per heavy atom. The van der Waals surface area contributed by atoms with E-state index in [4.69, 9.17) is 26.4 Å². The quantitative estimate of drug-likeness (QED) is 0.292. The van der Waals surface area contributed by atoms with Gasteiger partial charge in [0.1, 0.15) is 0 Å². The number of hydrogen-bond acceptors (Lipinski definition) is 6. The van der Waals surface area contributed by atoms with E-state index in [1.165, 1.54) is 0 Å². The molecule has 0 bridgehead atoms. The van der Waals surface area contributed by atoms with E-state index in [1.54, 1.807) is 13.3 Å². The van der Waals surface area contributed by atoms with Crippen molar-refractivity contribution in [2.24, 2.45) is 5.10 Å². The summed E-state index contributed by atoms with van der Waals surface area (Å²) in [4.78, 5) is 2.40. The van der Waals surface area contributed by atoms with Gasteiger partial charge in [0, 0.05) is 19.6 Å². The zero-order chi connectivity index (χ0) is 18.6. The molecule has 0 aromatic heterocycles. The summed E-state index contributed by atoms with van der Waals surface area (Å²) in [5, 5.41) is 7.84. The molecule has 7 nitrogen and oxygen atoms in total. The van der Waals surface area contributed by atoms with Gasteiger partial charge < -0.3 is 19.5 Å². The fourth-order valence-corrected chi connectivity index (χ4v) is 2.73. The van der Waals surface area contributed by atoms with Crippen LogP contribution in [-0.2, 0) is 4.74 Å². The van der Waals surface area contributed by atoms with Crippen LogP contribution in [0.2, 0.25) is 0 Å². The van der Waals surface area contributed by atoms with Crippen LogP contribution in [0.5, 0.6) is 11.5 Å².